The van der Waals surface area contributed by atoms with Crippen LogP contribution >= 0.6 is 0 Å². The van der Waals surface area contributed by atoms with E-state index < -0.39 is 11.8 Å². The Morgan fingerprint density at radius 2 is 1.25 bits per heavy atom. The van der Waals surface area contributed by atoms with E-state index in [9.17, 15) is 10.2 Å². The first kappa shape index (κ1) is 6.84. The Morgan fingerprint density at radius 1 is 0.833 bits per heavy atom. The zero-order chi connectivity index (χ0) is 8.55. The summed E-state index contributed by atoms with van der Waals surface area (Å²) in [6.45, 7) is 0. The summed E-state index contributed by atoms with van der Waals surface area (Å²) in [5, 5.41) is 21.5. The lowest BCUT2D eigenvalue weighted by atomic mass is 10.3. The Labute approximate surface area is 68.1 Å². The fourth-order valence-electron chi connectivity index (χ4n) is 0.968. The number of rotatable bonds is 0. The smallest absolute Gasteiger partial charge is 0.0878 e. The van der Waals surface area contributed by atoms with Gasteiger partial charge in [-0.1, -0.05) is 12.1 Å². The van der Waals surface area contributed by atoms with Crippen molar-refractivity contribution in [3.05, 3.63) is 24.3 Å². The van der Waals surface area contributed by atoms with Gasteiger partial charge in [0.2, 0.25) is 0 Å². The second kappa shape index (κ2) is 2.34. The molecule has 4 nitrogen and oxygen atoms in total. The van der Waals surface area contributed by atoms with Crippen LogP contribution in [-0.2, 0) is 0 Å². The molecule has 2 aromatic rings. The van der Waals surface area contributed by atoms with Crippen LogP contribution in [0.2, 0.25) is 0 Å². The molecule has 0 saturated heterocycles. The van der Waals surface area contributed by atoms with Gasteiger partial charge >= 0.3 is 0 Å². The van der Waals surface area contributed by atoms with Crippen molar-refractivity contribution >= 4 is 11.0 Å². The van der Waals surface area contributed by atoms with Crippen LogP contribution in [0.15, 0.2) is 24.3 Å². The fraction of sp³-hybridized carbons (Fsp3) is 0. The van der Waals surface area contributed by atoms with Crippen molar-refractivity contribution in [3.63, 3.8) is 0 Å². The molecule has 1 aromatic carbocycles. The van der Waals surface area contributed by atoms with Crippen molar-refractivity contribution in [2.24, 2.45) is 0 Å². The average Bonchev–Trinajstić information content (AvgIpc) is 2.07. The molecule has 0 saturated carbocycles. The summed E-state index contributed by atoms with van der Waals surface area (Å²) in [5.41, 5.74) is 0.921. The predicted octanol–water partition coefficient (Wildman–Crippen LogP) is -0.223. The minimum Gasteiger partial charge on any atom is -0.858 e. The Kier molecular flexibility index (Phi) is 1.33. The van der Waals surface area contributed by atoms with E-state index in [-0.39, 0.29) is 0 Å². The predicted molar refractivity (Wildman–Crippen MR) is 38.4 cm³/mol. The average molecular weight is 160 g/mol. The van der Waals surface area contributed by atoms with Crippen molar-refractivity contribution in [2.45, 2.75) is 0 Å². The first-order valence-corrected chi connectivity index (χ1v) is 3.38. The number of hydrogen-bond donors (Lipinski definition) is 0. The van der Waals surface area contributed by atoms with Crippen molar-refractivity contribution < 1.29 is 10.2 Å². The van der Waals surface area contributed by atoms with Gasteiger partial charge in [0, 0.05) is 0 Å². The van der Waals surface area contributed by atoms with Gasteiger partial charge < -0.3 is 10.2 Å². The second-order valence-corrected chi connectivity index (χ2v) is 2.32. The first-order valence-electron chi connectivity index (χ1n) is 3.38. The minimum absolute atomic E-state index is 0.460. The lowest BCUT2D eigenvalue weighted by Crippen LogP contribution is -2.04. The maximum atomic E-state index is 10.7. The van der Waals surface area contributed by atoms with Crippen molar-refractivity contribution in [1.29, 1.82) is 0 Å². The third-order valence-corrected chi connectivity index (χ3v) is 1.51. The molecule has 0 unspecified atom stereocenters. The summed E-state index contributed by atoms with van der Waals surface area (Å²) in [6.07, 6.45) is 0. The van der Waals surface area contributed by atoms with Crippen LogP contribution in [0.25, 0.3) is 11.0 Å². The molecule has 0 radical (unpaired) electrons. The molecule has 60 valence electrons. The van der Waals surface area contributed by atoms with Crippen molar-refractivity contribution in [2.75, 3.05) is 0 Å². The van der Waals surface area contributed by atoms with Crippen LogP contribution in [0.1, 0.15) is 0 Å². The van der Waals surface area contributed by atoms with Crippen LogP contribution in [0.5, 0.6) is 11.8 Å². The number of benzene rings is 1. The largest absolute Gasteiger partial charge is 0.858 e. The SMILES string of the molecule is [O-]c1nc2ccccc2nc1[O-]. The molecule has 0 spiro atoms. The Hall–Kier alpha value is -1.84. The highest BCUT2D eigenvalue weighted by molar-refractivity contribution is 5.74. The molecular formula is C8H4N2O2-2. The van der Waals surface area contributed by atoms with Gasteiger partial charge in [0.05, 0.1) is 11.0 Å². The number of hydrogen-bond acceptors (Lipinski definition) is 4. The summed E-state index contributed by atoms with van der Waals surface area (Å²) in [4.78, 5) is 7.09. The molecule has 0 amide bonds. The van der Waals surface area contributed by atoms with Gasteiger partial charge in [0.25, 0.3) is 0 Å². The fourth-order valence-corrected chi connectivity index (χ4v) is 0.968. The Morgan fingerprint density at radius 3 is 1.67 bits per heavy atom. The molecule has 1 aromatic heterocycles. The van der Waals surface area contributed by atoms with Crippen LogP contribution in [-0.4, -0.2) is 9.97 Å². The van der Waals surface area contributed by atoms with Gasteiger partial charge in [-0.25, -0.2) is 0 Å². The summed E-state index contributed by atoms with van der Waals surface area (Å²) in [6, 6.07) is 6.76. The van der Waals surface area contributed by atoms with Gasteiger partial charge in [-0.05, 0) is 23.9 Å². The van der Waals surface area contributed by atoms with E-state index in [2.05, 4.69) is 9.97 Å². The van der Waals surface area contributed by atoms with E-state index in [0.717, 1.165) is 0 Å². The molecule has 0 N–H and O–H groups in total. The van der Waals surface area contributed by atoms with E-state index in [1.54, 1.807) is 24.3 Å². The topological polar surface area (TPSA) is 71.9 Å². The molecular weight excluding hydrogens is 156 g/mol. The van der Waals surface area contributed by atoms with E-state index in [4.69, 9.17) is 0 Å². The monoisotopic (exact) mass is 160 g/mol. The third kappa shape index (κ3) is 0.934. The van der Waals surface area contributed by atoms with E-state index in [1.165, 1.54) is 0 Å². The molecule has 0 bridgehead atoms. The van der Waals surface area contributed by atoms with E-state index in [0.29, 0.717) is 11.0 Å². The Balaban J connectivity index is 2.84. The number of aromatic nitrogens is 2. The molecule has 2 rings (SSSR count). The van der Waals surface area contributed by atoms with Crippen molar-refractivity contribution in [1.82, 2.24) is 9.97 Å². The molecule has 0 aliphatic heterocycles. The zero-order valence-electron chi connectivity index (χ0n) is 6.02. The standard InChI is InChI=1S/C8H6N2O2/c11-7-8(12)10-6-4-2-1-3-5(6)9-7/h1-4H,(H,9,11)(H,10,12)/p-2. The third-order valence-electron chi connectivity index (χ3n) is 1.51. The molecule has 0 atom stereocenters. The van der Waals surface area contributed by atoms with Gasteiger partial charge in [-0.2, -0.15) is 0 Å². The van der Waals surface area contributed by atoms with Crippen LogP contribution in [0.4, 0.5) is 0 Å². The summed E-state index contributed by atoms with van der Waals surface area (Å²) in [5.74, 6) is -1.59. The molecule has 12 heavy (non-hydrogen) atoms. The molecule has 0 aliphatic rings. The zero-order valence-corrected chi connectivity index (χ0v) is 6.02. The summed E-state index contributed by atoms with van der Waals surface area (Å²) >= 11 is 0. The van der Waals surface area contributed by atoms with Crippen molar-refractivity contribution in [3.8, 4) is 11.8 Å². The maximum Gasteiger partial charge on any atom is 0.0878 e. The number of para-hydroxylation sites is 2. The lowest BCUT2D eigenvalue weighted by Gasteiger charge is -2.14. The molecule has 1 heterocycles. The normalized spacial score (nSPS) is 10.3. The minimum atomic E-state index is -0.797. The second-order valence-electron chi connectivity index (χ2n) is 2.32. The summed E-state index contributed by atoms with van der Waals surface area (Å²) in [7, 11) is 0. The highest BCUT2D eigenvalue weighted by atomic mass is 16.3. The highest BCUT2D eigenvalue weighted by Gasteiger charge is 1.92. The van der Waals surface area contributed by atoms with E-state index >= 15 is 0 Å². The molecule has 0 aliphatic carbocycles. The Bertz CT molecular complexity index is 388. The van der Waals surface area contributed by atoms with Gasteiger partial charge in [0.15, 0.2) is 0 Å². The quantitative estimate of drug-likeness (QED) is 0.534. The van der Waals surface area contributed by atoms with Gasteiger partial charge in [-0.3, -0.25) is 9.97 Å². The van der Waals surface area contributed by atoms with E-state index in [1.807, 2.05) is 0 Å². The van der Waals surface area contributed by atoms with Gasteiger partial charge in [-0.15, -0.1) is 0 Å². The number of fused-ring (bicyclic) bond motifs is 1. The lowest BCUT2D eigenvalue weighted by molar-refractivity contribution is -0.325. The number of nitrogens with zero attached hydrogens (tertiary/aromatic N) is 2. The molecule has 4 heteroatoms. The van der Waals surface area contributed by atoms with Crippen LogP contribution < -0.4 is 10.2 Å². The first-order chi connectivity index (χ1) is 5.77. The highest BCUT2D eigenvalue weighted by Crippen LogP contribution is 2.16. The van der Waals surface area contributed by atoms with Crippen LogP contribution in [0.3, 0.4) is 0 Å². The van der Waals surface area contributed by atoms with Crippen LogP contribution in [0, 0.1) is 0 Å². The molecule has 0 fully saturated rings. The van der Waals surface area contributed by atoms with Gasteiger partial charge in [0.1, 0.15) is 0 Å². The maximum absolute atomic E-state index is 10.7. The summed E-state index contributed by atoms with van der Waals surface area (Å²) < 4.78 is 0.